The van der Waals surface area contributed by atoms with Crippen molar-refractivity contribution in [3.05, 3.63) is 72.7 Å². The van der Waals surface area contributed by atoms with Crippen LogP contribution in [0, 0.1) is 0 Å². The molecule has 35 heavy (non-hydrogen) atoms. The minimum absolute atomic E-state index is 0.0515. The number of furan rings is 1. The van der Waals surface area contributed by atoms with Crippen LogP contribution in [0.25, 0.3) is 0 Å². The highest BCUT2D eigenvalue weighted by Gasteiger charge is 2.26. The van der Waals surface area contributed by atoms with E-state index in [0.29, 0.717) is 43.4 Å². The average Bonchev–Trinajstić information content (AvgIpc) is 3.38. The third-order valence-corrected chi connectivity index (χ3v) is 8.69. The summed E-state index contributed by atoms with van der Waals surface area (Å²) in [5.41, 5.74) is 1.18. The summed E-state index contributed by atoms with van der Waals surface area (Å²) in [4.78, 5) is 0.298. The van der Waals surface area contributed by atoms with Gasteiger partial charge in [-0.3, -0.25) is 0 Å². The number of rotatable bonds is 8. The van der Waals surface area contributed by atoms with E-state index in [2.05, 4.69) is 15.4 Å². The summed E-state index contributed by atoms with van der Waals surface area (Å²) in [6.45, 7) is 1.48. The van der Waals surface area contributed by atoms with Gasteiger partial charge in [0.2, 0.25) is 20.0 Å². The average molecular weight is 537 g/mol. The molecular weight excluding hydrogens is 512 g/mol. The first-order valence-corrected chi connectivity index (χ1v) is 14.0. The summed E-state index contributed by atoms with van der Waals surface area (Å²) < 4.78 is 64.5. The first-order valence-electron chi connectivity index (χ1n) is 10.6. The number of morpholine rings is 1. The van der Waals surface area contributed by atoms with Gasteiger partial charge in [0, 0.05) is 24.5 Å². The summed E-state index contributed by atoms with van der Waals surface area (Å²) in [6.07, 6.45) is 1.47. The zero-order chi connectivity index (χ0) is 24.9. The highest BCUT2D eigenvalue weighted by molar-refractivity contribution is 7.89. The first-order chi connectivity index (χ1) is 16.7. The van der Waals surface area contributed by atoms with Gasteiger partial charge in [0.15, 0.2) is 5.11 Å². The molecule has 0 atom stereocenters. The van der Waals surface area contributed by atoms with Crippen LogP contribution in [0.15, 0.2) is 81.1 Å². The Morgan fingerprint density at radius 3 is 1.97 bits per heavy atom. The molecule has 1 saturated heterocycles. The van der Waals surface area contributed by atoms with Crippen molar-refractivity contribution in [1.82, 2.24) is 9.03 Å². The third kappa shape index (κ3) is 6.45. The normalized spacial score (nSPS) is 15.0. The molecule has 0 saturated carbocycles. The van der Waals surface area contributed by atoms with Crippen molar-refractivity contribution in [2.75, 3.05) is 36.9 Å². The van der Waals surface area contributed by atoms with Gasteiger partial charge in [-0.15, -0.1) is 0 Å². The number of thiocarbonyl (C=S) groups is 1. The Hall–Kier alpha value is -2.81. The summed E-state index contributed by atoms with van der Waals surface area (Å²) in [7, 11) is -7.27. The summed E-state index contributed by atoms with van der Waals surface area (Å²) in [6, 6.07) is 15.8. The fourth-order valence-corrected chi connectivity index (χ4v) is 5.96. The fraction of sp³-hybridized carbons (Fsp3) is 0.227. The molecular formula is C22H24N4O6S3. The molecule has 4 rings (SSSR count). The van der Waals surface area contributed by atoms with Crippen LogP contribution in [0.3, 0.4) is 0 Å². The van der Waals surface area contributed by atoms with Crippen LogP contribution < -0.4 is 15.4 Å². The number of sulfonamides is 2. The molecule has 0 amide bonds. The highest BCUT2D eigenvalue weighted by Crippen LogP contribution is 2.20. The molecule has 0 unspecified atom stereocenters. The van der Waals surface area contributed by atoms with E-state index in [1.807, 2.05) is 0 Å². The summed E-state index contributed by atoms with van der Waals surface area (Å²) >= 11 is 5.32. The summed E-state index contributed by atoms with van der Waals surface area (Å²) in [5.74, 6) is 0.509. The van der Waals surface area contributed by atoms with Crippen molar-refractivity contribution in [3.8, 4) is 0 Å². The quantitative estimate of drug-likeness (QED) is 0.372. The second-order valence-corrected chi connectivity index (χ2v) is 11.7. The molecule has 2 aromatic carbocycles. The monoisotopic (exact) mass is 536 g/mol. The fourth-order valence-electron chi connectivity index (χ4n) is 3.32. The van der Waals surface area contributed by atoms with E-state index in [4.69, 9.17) is 21.4 Å². The number of nitrogens with one attached hydrogen (secondary N) is 3. The standard InChI is InChI=1S/C22H24N4O6S3/c27-34(28,23-16-19-2-1-13-32-19)20-7-3-17(4-8-20)24-22(33)25-18-5-9-21(10-6-18)35(29,30)26-11-14-31-15-12-26/h1-10,13,23H,11-12,14-16H2,(H2,24,25,33). The van der Waals surface area contributed by atoms with Gasteiger partial charge in [0.25, 0.3) is 0 Å². The second kappa shape index (κ2) is 10.8. The topological polar surface area (TPSA) is 130 Å². The van der Waals surface area contributed by atoms with Gasteiger partial charge in [0.05, 0.1) is 35.8 Å². The van der Waals surface area contributed by atoms with E-state index in [9.17, 15) is 16.8 Å². The van der Waals surface area contributed by atoms with Crippen LogP contribution in [-0.2, 0) is 31.3 Å². The van der Waals surface area contributed by atoms with Gasteiger partial charge in [-0.1, -0.05) is 0 Å². The minimum Gasteiger partial charge on any atom is -0.468 e. The first kappa shape index (κ1) is 25.3. The molecule has 1 fully saturated rings. The lowest BCUT2D eigenvalue weighted by atomic mass is 10.3. The third-order valence-electron chi connectivity index (χ3n) is 5.16. The lowest BCUT2D eigenvalue weighted by Gasteiger charge is -2.26. The Bertz CT molecular complexity index is 1350. The Morgan fingerprint density at radius 2 is 1.43 bits per heavy atom. The smallest absolute Gasteiger partial charge is 0.243 e. The molecule has 0 bridgehead atoms. The van der Waals surface area contributed by atoms with Crippen LogP contribution in [0.2, 0.25) is 0 Å². The Balaban J connectivity index is 1.32. The minimum atomic E-state index is -3.70. The van der Waals surface area contributed by atoms with Crippen molar-refractivity contribution in [2.24, 2.45) is 0 Å². The van der Waals surface area contributed by atoms with E-state index in [0.717, 1.165) is 0 Å². The van der Waals surface area contributed by atoms with Crippen LogP contribution in [0.1, 0.15) is 5.76 Å². The maximum atomic E-state index is 12.7. The van der Waals surface area contributed by atoms with Gasteiger partial charge in [-0.2, -0.15) is 4.31 Å². The molecule has 2 heterocycles. The van der Waals surface area contributed by atoms with Gasteiger partial charge in [-0.25, -0.2) is 21.6 Å². The summed E-state index contributed by atoms with van der Waals surface area (Å²) in [5, 5.41) is 6.21. The maximum Gasteiger partial charge on any atom is 0.243 e. The molecule has 0 aliphatic carbocycles. The highest BCUT2D eigenvalue weighted by atomic mass is 32.2. The van der Waals surface area contributed by atoms with Crippen LogP contribution in [-0.4, -0.2) is 52.6 Å². The van der Waals surface area contributed by atoms with E-state index in [1.54, 1.807) is 36.4 Å². The molecule has 3 N–H and O–H groups in total. The maximum absolute atomic E-state index is 12.7. The molecule has 1 aliphatic rings. The van der Waals surface area contributed by atoms with E-state index < -0.39 is 20.0 Å². The lowest BCUT2D eigenvalue weighted by molar-refractivity contribution is 0.0730. The van der Waals surface area contributed by atoms with Crippen molar-refractivity contribution < 1.29 is 26.0 Å². The van der Waals surface area contributed by atoms with Crippen molar-refractivity contribution >= 4 is 48.8 Å². The Morgan fingerprint density at radius 1 is 0.857 bits per heavy atom. The zero-order valence-electron chi connectivity index (χ0n) is 18.5. The Kier molecular flexibility index (Phi) is 7.84. The molecule has 1 aliphatic heterocycles. The van der Waals surface area contributed by atoms with Gasteiger partial charge in [0.1, 0.15) is 5.76 Å². The van der Waals surface area contributed by atoms with Gasteiger partial charge >= 0.3 is 0 Å². The molecule has 1 aromatic heterocycles. The van der Waals surface area contributed by atoms with Gasteiger partial charge in [-0.05, 0) is 72.9 Å². The van der Waals surface area contributed by atoms with E-state index in [-0.39, 0.29) is 21.4 Å². The van der Waals surface area contributed by atoms with Crippen LogP contribution >= 0.6 is 12.2 Å². The van der Waals surface area contributed by atoms with Crippen LogP contribution in [0.5, 0.6) is 0 Å². The number of hydrogen-bond acceptors (Lipinski definition) is 7. The van der Waals surface area contributed by atoms with Gasteiger partial charge < -0.3 is 19.8 Å². The van der Waals surface area contributed by atoms with Crippen molar-refractivity contribution in [2.45, 2.75) is 16.3 Å². The number of nitrogens with zero attached hydrogens (tertiary/aromatic N) is 1. The molecule has 0 spiro atoms. The van der Waals surface area contributed by atoms with Crippen molar-refractivity contribution in [3.63, 3.8) is 0 Å². The van der Waals surface area contributed by atoms with E-state index in [1.165, 1.54) is 34.8 Å². The lowest BCUT2D eigenvalue weighted by Crippen LogP contribution is -2.40. The van der Waals surface area contributed by atoms with Crippen molar-refractivity contribution in [1.29, 1.82) is 0 Å². The molecule has 3 aromatic rings. The largest absolute Gasteiger partial charge is 0.468 e. The molecule has 186 valence electrons. The molecule has 13 heteroatoms. The SMILES string of the molecule is O=S(=O)(NCc1ccco1)c1ccc(NC(=S)Nc2ccc(S(=O)(=O)N3CCOCC3)cc2)cc1. The van der Waals surface area contributed by atoms with E-state index >= 15 is 0 Å². The molecule has 10 nitrogen and oxygen atoms in total. The number of anilines is 2. The molecule has 0 radical (unpaired) electrons. The second-order valence-electron chi connectivity index (χ2n) is 7.55. The number of hydrogen-bond donors (Lipinski definition) is 3. The zero-order valence-corrected chi connectivity index (χ0v) is 21.0. The predicted molar refractivity (Wildman–Crippen MR) is 135 cm³/mol. The predicted octanol–water partition coefficient (Wildman–Crippen LogP) is 2.59. The number of ether oxygens (including phenoxy) is 1. The Labute approximate surface area is 209 Å². The van der Waals surface area contributed by atoms with Crippen LogP contribution in [0.4, 0.5) is 11.4 Å². The number of benzene rings is 2.